The molecule has 3 aromatic rings. The van der Waals surface area contributed by atoms with Crippen molar-refractivity contribution in [1.29, 1.82) is 0 Å². The van der Waals surface area contributed by atoms with E-state index in [2.05, 4.69) is 20.6 Å². The molecule has 4 heterocycles. The normalized spacial score (nSPS) is 18.2. The lowest BCUT2D eigenvalue weighted by Crippen LogP contribution is -2.36. The largest absolute Gasteiger partial charge is 0.307 e. The molecule has 0 saturated carbocycles. The van der Waals surface area contributed by atoms with Crippen LogP contribution in [0.4, 0.5) is 0 Å². The molecule has 0 aromatic carbocycles. The summed E-state index contributed by atoms with van der Waals surface area (Å²) in [5, 5.41) is 4.64. The summed E-state index contributed by atoms with van der Waals surface area (Å²) in [4.78, 5) is 19.5. The zero-order valence-electron chi connectivity index (χ0n) is 15.5. The Morgan fingerprint density at radius 1 is 1.15 bits per heavy atom. The molecule has 1 aliphatic carbocycles. The van der Waals surface area contributed by atoms with Crippen LogP contribution in [0.2, 0.25) is 0 Å². The molecule has 0 amide bonds. The minimum atomic E-state index is 0.0720. The van der Waals surface area contributed by atoms with E-state index in [1.807, 2.05) is 30.5 Å². The fourth-order valence-electron chi connectivity index (χ4n) is 4.43. The maximum absolute atomic E-state index is 12.3. The third kappa shape index (κ3) is 3.41. The molecule has 140 valence electrons. The van der Waals surface area contributed by atoms with Crippen LogP contribution >= 0.6 is 0 Å². The van der Waals surface area contributed by atoms with Gasteiger partial charge in [0.15, 0.2) is 0 Å². The summed E-state index contributed by atoms with van der Waals surface area (Å²) >= 11 is 0. The van der Waals surface area contributed by atoms with Crippen molar-refractivity contribution in [3.63, 3.8) is 0 Å². The predicted octanol–water partition coefficient (Wildman–Crippen LogP) is 2.29. The number of rotatable bonds is 4. The molecule has 6 nitrogen and oxygen atoms in total. The van der Waals surface area contributed by atoms with Crippen LogP contribution in [-0.4, -0.2) is 37.2 Å². The molecule has 1 fully saturated rings. The van der Waals surface area contributed by atoms with Gasteiger partial charge in [0.05, 0.1) is 11.4 Å². The second-order valence-electron chi connectivity index (χ2n) is 7.91. The number of fused-ring (bicyclic) bond motifs is 2. The van der Waals surface area contributed by atoms with E-state index in [-0.39, 0.29) is 5.56 Å². The second kappa shape index (κ2) is 6.93. The molecule has 0 atom stereocenters. The summed E-state index contributed by atoms with van der Waals surface area (Å²) < 4.78 is 3.79. The minimum absolute atomic E-state index is 0.0720. The Bertz CT molecular complexity index is 980. The first-order valence-electron chi connectivity index (χ1n) is 9.99. The highest BCUT2D eigenvalue weighted by Crippen LogP contribution is 2.21. The van der Waals surface area contributed by atoms with Crippen molar-refractivity contribution in [2.45, 2.75) is 45.2 Å². The van der Waals surface area contributed by atoms with E-state index in [0.29, 0.717) is 5.92 Å². The van der Waals surface area contributed by atoms with E-state index in [9.17, 15) is 4.79 Å². The monoisotopic (exact) mass is 363 g/mol. The lowest BCUT2D eigenvalue weighted by Gasteiger charge is -2.31. The van der Waals surface area contributed by atoms with Crippen molar-refractivity contribution < 1.29 is 0 Å². The maximum Gasteiger partial charge on any atom is 0.267 e. The van der Waals surface area contributed by atoms with E-state index in [4.69, 9.17) is 4.98 Å². The van der Waals surface area contributed by atoms with Crippen LogP contribution in [0.5, 0.6) is 0 Å². The molecule has 0 spiro atoms. The van der Waals surface area contributed by atoms with Gasteiger partial charge < -0.3 is 4.40 Å². The van der Waals surface area contributed by atoms with Crippen LogP contribution in [-0.2, 0) is 25.9 Å². The van der Waals surface area contributed by atoms with Crippen molar-refractivity contribution in [2.24, 2.45) is 5.92 Å². The Morgan fingerprint density at radius 3 is 2.89 bits per heavy atom. The molecule has 0 unspecified atom stereocenters. The number of likely N-dealkylation sites (tertiary alicyclic amines) is 1. The fraction of sp³-hybridized carbons (Fsp3) is 0.476. The highest BCUT2D eigenvalue weighted by molar-refractivity contribution is 5.39. The summed E-state index contributed by atoms with van der Waals surface area (Å²) in [7, 11) is 0. The number of nitrogens with zero attached hydrogens (tertiary/aromatic N) is 5. The molecule has 0 N–H and O–H groups in total. The third-order valence-corrected chi connectivity index (χ3v) is 5.96. The van der Waals surface area contributed by atoms with Gasteiger partial charge in [0, 0.05) is 31.5 Å². The van der Waals surface area contributed by atoms with Gasteiger partial charge in [0.2, 0.25) is 0 Å². The summed E-state index contributed by atoms with van der Waals surface area (Å²) in [5.74, 6) is 0.534. The van der Waals surface area contributed by atoms with Gasteiger partial charge in [-0.15, -0.1) is 0 Å². The van der Waals surface area contributed by atoms with Gasteiger partial charge in [0.25, 0.3) is 5.56 Å². The summed E-state index contributed by atoms with van der Waals surface area (Å²) in [5.41, 5.74) is 4.50. The van der Waals surface area contributed by atoms with Gasteiger partial charge >= 0.3 is 0 Å². The molecule has 1 saturated heterocycles. The summed E-state index contributed by atoms with van der Waals surface area (Å²) in [6.07, 6.45) is 9.55. The fourth-order valence-corrected chi connectivity index (χ4v) is 4.43. The highest BCUT2D eigenvalue weighted by atomic mass is 16.1. The highest BCUT2D eigenvalue weighted by Gasteiger charge is 2.22. The lowest BCUT2D eigenvalue weighted by atomic mass is 9.96. The van der Waals surface area contributed by atoms with Gasteiger partial charge in [0.1, 0.15) is 5.65 Å². The van der Waals surface area contributed by atoms with E-state index in [1.54, 1.807) is 4.68 Å². The van der Waals surface area contributed by atoms with Crippen LogP contribution in [0.1, 0.15) is 36.2 Å². The predicted molar refractivity (Wildman–Crippen MR) is 104 cm³/mol. The first kappa shape index (κ1) is 16.7. The number of hydrogen-bond acceptors (Lipinski definition) is 4. The molecule has 5 rings (SSSR count). The van der Waals surface area contributed by atoms with Crippen LogP contribution in [0.25, 0.3) is 5.65 Å². The van der Waals surface area contributed by atoms with Crippen molar-refractivity contribution in [2.75, 3.05) is 13.1 Å². The van der Waals surface area contributed by atoms with Gasteiger partial charge in [-0.05, 0) is 68.8 Å². The van der Waals surface area contributed by atoms with Crippen molar-refractivity contribution in [3.05, 3.63) is 64.0 Å². The van der Waals surface area contributed by atoms with Gasteiger partial charge in [-0.25, -0.2) is 9.67 Å². The van der Waals surface area contributed by atoms with Crippen molar-refractivity contribution in [3.8, 4) is 0 Å². The number of hydrogen-bond donors (Lipinski definition) is 0. The molecule has 6 heteroatoms. The molecule has 0 bridgehead atoms. The van der Waals surface area contributed by atoms with Gasteiger partial charge in [-0.2, -0.15) is 5.10 Å². The first-order valence-corrected chi connectivity index (χ1v) is 9.99. The topological polar surface area (TPSA) is 55.4 Å². The van der Waals surface area contributed by atoms with E-state index >= 15 is 0 Å². The zero-order valence-corrected chi connectivity index (χ0v) is 15.5. The third-order valence-electron chi connectivity index (χ3n) is 5.96. The quantitative estimate of drug-likeness (QED) is 0.714. The summed E-state index contributed by atoms with van der Waals surface area (Å²) in [6.45, 7) is 3.76. The molecular weight excluding hydrogens is 338 g/mol. The zero-order chi connectivity index (χ0) is 18.2. The molecule has 0 radical (unpaired) electrons. The number of piperidine rings is 1. The SMILES string of the molecule is O=c1cc2c(nn1CC1CCN(Cc3cn4ccccc4n3)CC1)CCC2. The average Bonchev–Trinajstić information content (AvgIpc) is 3.29. The Hall–Kier alpha value is -2.47. The van der Waals surface area contributed by atoms with Gasteiger partial charge in [-0.3, -0.25) is 9.69 Å². The summed E-state index contributed by atoms with van der Waals surface area (Å²) in [6, 6.07) is 7.90. The van der Waals surface area contributed by atoms with Crippen LogP contribution < -0.4 is 5.56 Å². The van der Waals surface area contributed by atoms with Crippen molar-refractivity contribution >= 4 is 5.65 Å². The smallest absolute Gasteiger partial charge is 0.267 e. The van der Waals surface area contributed by atoms with E-state index in [0.717, 1.165) is 75.3 Å². The average molecular weight is 363 g/mol. The minimum Gasteiger partial charge on any atom is -0.307 e. The molecule has 1 aliphatic heterocycles. The van der Waals surface area contributed by atoms with E-state index < -0.39 is 0 Å². The molecular formula is C21H25N5O. The first-order chi connectivity index (χ1) is 13.2. The standard InChI is InChI=1S/C21H25N5O/c27-21-12-17-4-3-5-19(17)23-26(21)13-16-7-10-24(11-8-16)14-18-15-25-9-2-1-6-20(25)22-18/h1-2,6,9,12,15-16H,3-5,7-8,10-11,13-14H2. The Balaban J connectivity index is 1.20. The number of imidazole rings is 1. The number of aromatic nitrogens is 4. The Kier molecular flexibility index (Phi) is 4.28. The van der Waals surface area contributed by atoms with E-state index in [1.165, 1.54) is 5.56 Å². The molecule has 3 aromatic heterocycles. The maximum atomic E-state index is 12.3. The Labute approximate surface area is 158 Å². The number of pyridine rings is 1. The van der Waals surface area contributed by atoms with Gasteiger partial charge in [-0.1, -0.05) is 6.07 Å². The molecule has 27 heavy (non-hydrogen) atoms. The van der Waals surface area contributed by atoms with Crippen LogP contribution in [0.3, 0.4) is 0 Å². The van der Waals surface area contributed by atoms with Crippen LogP contribution in [0, 0.1) is 5.92 Å². The lowest BCUT2D eigenvalue weighted by molar-refractivity contribution is 0.162. The van der Waals surface area contributed by atoms with Crippen LogP contribution in [0.15, 0.2) is 41.5 Å². The number of aryl methyl sites for hydroxylation is 2. The Morgan fingerprint density at radius 2 is 2.04 bits per heavy atom. The second-order valence-corrected chi connectivity index (χ2v) is 7.91. The van der Waals surface area contributed by atoms with Crippen molar-refractivity contribution in [1.82, 2.24) is 24.1 Å². The molecule has 2 aliphatic rings.